The molecule has 1 aliphatic rings. The topological polar surface area (TPSA) is 89.7 Å². The average Bonchev–Trinajstić information content (AvgIpc) is 3.30. The number of hydrogen-bond acceptors (Lipinski definition) is 5. The highest BCUT2D eigenvalue weighted by Gasteiger charge is 2.17. The summed E-state index contributed by atoms with van der Waals surface area (Å²) in [4.78, 5) is 12.4. The Morgan fingerprint density at radius 3 is 2.78 bits per heavy atom. The van der Waals surface area contributed by atoms with E-state index in [1.165, 1.54) is 0 Å². The van der Waals surface area contributed by atoms with Gasteiger partial charge in [0.2, 0.25) is 5.91 Å². The van der Waals surface area contributed by atoms with Crippen LogP contribution in [0.3, 0.4) is 0 Å². The van der Waals surface area contributed by atoms with Gasteiger partial charge in [-0.15, -0.1) is 10.2 Å². The van der Waals surface area contributed by atoms with Crippen LogP contribution in [-0.2, 0) is 18.3 Å². The van der Waals surface area contributed by atoms with E-state index in [0.29, 0.717) is 17.6 Å². The maximum Gasteiger partial charge on any atom is 0.232 e. The maximum absolute atomic E-state index is 12.4. The lowest BCUT2D eigenvalue weighted by Gasteiger charge is -2.22. The fourth-order valence-corrected chi connectivity index (χ4v) is 3.38. The molecule has 2 N–H and O–H groups in total. The van der Waals surface area contributed by atoms with Crippen molar-refractivity contribution < 1.29 is 4.79 Å². The van der Waals surface area contributed by atoms with Crippen LogP contribution in [0.2, 0.25) is 0 Å². The summed E-state index contributed by atoms with van der Waals surface area (Å²) in [6.07, 6.45) is 5.87. The Bertz CT molecular complexity index is 909. The smallest absolute Gasteiger partial charge is 0.232 e. The summed E-state index contributed by atoms with van der Waals surface area (Å²) in [5.41, 5.74) is 1.69. The zero-order valence-electron chi connectivity index (χ0n) is 15.3. The van der Waals surface area contributed by atoms with E-state index in [1.807, 2.05) is 52.8 Å². The maximum atomic E-state index is 12.4. The van der Waals surface area contributed by atoms with Crippen molar-refractivity contribution in [1.82, 2.24) is 29.9 Å². The van der Waals surface area contributed by atoms with E-state index in [9.17, 15) is 4.79 Å². The Morgan fingerprint density at radius 1 is 1.22 bits per heavy atom. The van der Waals surface area contributed by atoms with Gasteiger partial charge in [-0.05, 0) is 25.9 Å². The number of carbonyl (C=O) groups excluding carboxylic acids is 1. The van der Waals surface area contributed by atoms with Crippen LogP contribution < -0.4 is 10.6 Å². The lowest BCUT2D eigenvalue weighted by Crippen LogP contribution is -2.29. The normalized spacial score (nSPS) is 15.0. The van der Waals surface area contributed by atoms with E-state index in [-0.39, 0.29) is 12.3 Å². The van der Waals surface area contributed by atoms with Gasteiger partial charge in [-0.3, -0.25) is 9.48 Å². The highest BCUT2D eigenvalue weighted by molar-refractivity contribution is 5.91. The summed E-state index contributed by atoms with van der Waals surface area (Å²) in [7, 11) is 1.88. The lowest BCUT2D eigenvalue weighted by molar-refractivity contribution is -0.115. The SMILES string of the molecule is Cn1c(CC(=O)Nc2cnn(C3CCNCC3)c2)nnc1-c1ccccc1. The number of amides is 1. The molecule has 140 valence electrons. The van der Waals surface area contributed by atoms with Gasteiger partial charge in [0.15, 0.2) is 5.82 Å². The summed E-state index contributed by atoms with van der Waals surface area (Å²) in [5, 5.41) is 19.1. The number of carbonyl (C=O) groups is 1. The first-order valence-electron chi connectivity index (χ1n) is 9.19. The monoisotopic (exact) mass is 365 g/mol. The first-order valence-corrected chi connectivity index (χ1v) is 9.19. The summed E-state index contributed by atoms with van der Waals surface area (Å²) < 4.78 is 3.81. The minimum absolute atomic E-state index is 0.130. The van der Waals surface area contributed by atoms with Crippen molar-refractivity contribution in [2.24, 2.45) is 7.05 Å². The molecule has 1 fully saturated rings. The number of hydrogen-bond donors (Lipinski definition) is 2. The van der Waals surface area contributed by atoms with Crippen molar-refractivity contribution >= 4 is 11.6 Å². The zero-order chi connectivity index (χ0) is 18.6. The van der Waals surface area contributed by atoms with E-state index in [0.717, 1.165) is 37.3 Å². The van der Waals surface area contributed by atoms with Crippen LogP contribution in [0.5, 0.6) is 0 Å². The van der Waals surface area contributed by atoms with Crippen molar-refractivity contribution in [1.29, 1.82) is 0 Å². The minimum Gasteiger partial charge on any atom is -0.323 e. The molecule has 2 aromatic heterocycles. The first-order chi connectivity index (χ1) is 13.2. The number of piperidine rings is 1. The molecule has 4 rings (SSSR count). The molecule has 3 heterocycles. The van der Waals surface area contributed by atoms with Crippen LogP contribution in [0.25, 0.3) is 11.4 Å². The van der Waals surface area contributed by atoms with Crippen molar-refractivity contribution in [3.05, 3.63) is 48.5 Å². The molecule has 1 aliphatic heterocycles. The lowest BCUT2D eigenvalue weighted by atomic mass is 10.1. The number of anilines is 1. The van der Waals surface area contributed by atoms with E-state index >= 15 is 0 Å². The van der Waals surface area contributed by atoms with Crippen molar-refractivity contribution in [2.45, 2.75) is 25.3 Å². The van der Waals surface area contributed by atoms with Gasteiger partial charge in [0, 0.05) is 18.8 Å². The van der Waals surface area contributed by atoms with Crippen molar-refractivity contribution in [3.63, 3.8) is 0 Å². The van der Waals surface area contributed by atoms with Crippen molar-refractivity contribution in [3.8, 4) is 11.4 Å². The third-order valence-electron chi connectivity index (χ3n) is 4.88. The largest absolute Gasteiger partial charge is 0.323 e. The Labute approximate surface area is 157 Å². The fourth-order valence-electron chi connectivity index (χ4n) is 3.38. The van der Waals surface area contributed by atoms with Gasteiger partial charge in [0.1, 0.15) is 5.82 Å². The predicted octanol–water partition coefficient (Wildman–Crippen LogP) is 1.78. The molecule has 1 amide bonds. The molecular weight excluding hydrogens is 342 g/mol. The molecule has 3 aromatic rings. The highest BCUT2D eigenvalue weighted by atomic mass is 16.1. The third-order valence-corrected chi connectivity index (χ3v) is 4.88. The van der Waals surface area contributed by atoms with Gasteiger partial charge in [-0.25, -0.2) is 0 Å². The Hall–Kier alpha value is -3.00. The van der Waals surface area contributed by atoms with Gasteiger partial charge in [-0.1, -0.05) is 30.3 Å². The highest BCUT2D eigenvalue weighted by Crippen LogP contribution is 2.20. The van der Waals surface area contributed by atoms with Crippen LogP contribution in [-0.4, -0.2) is 43.5 Å². The predicted molar refractivity (Wildman–Crippen MR) is 102 cm³/mol. The van der Waals surface area contributed by atoms with E-state index in [4.69, 9.17) is 0 Å². The van der Waals surface area contributed by atoms with Gasteiger partial charge in [0.25, 0.3) is 0 Å². The van der Waals surface area contributed by atoms with E-state index < -0.39 is 0 Å². The molecule has 0 aliphatic carbocycles. The first kappa shape index (κ1) is 17.4. The summed E-state index contributed by atoms with van der Waals surface area (Å²) in [6.45, 7) is 2.00. The fraction of sp³-hybridized carbons (Fsp3) is 0.368. The Morgan fingerprint density at radius 2 is 2.00 bits per heavy atom. The van der Waals surface area contributed by atoms with Gasteiger partial charge < -0.3 is 15.2 Å². The molecule has 1 saturated heterocycles. The van der Waals surface area contributed by atoms with Crippen LogP contribution in [0.4, 0.5) is 5.69 Å². The molecule has 0 unspecified atom stereocenters. The quantitative estimate of drug-likeness (QED) is 0.719. The molecular formula is C19H23N7O. The van der Waals surface area contributed by atoms with Crippen molar-refractivity contribution in [2.75, 3.05) is 18.4 Å². The molecule has 1 aromatic carbocycles. The number of nitrogens with zero attached hydrogens (tertiary/aromatic N) is 5. The standard InChI is InChI=1S/C19H23N7O/c1-25-17(23-24-19(25)14-5-3-2-4-6-14)11-18(27)22-15-12-21-26(13-15)16-7-9-20-10-8-16/h2-6,12-13,16,20H,7-11H2,1H3,(H,22,27). The molecule has 8 heteroatoms. The second-order valence-electron chi connectivity index (χ2n) is 6.78. The molecule has 0 bridgehead atoms. The van der Waals surface area contributed by atoms with E-state index in [1.54, 1.807) is 6.20 Å². The Balaban J connectivity index is 1.40. The summed E-state index contributed by atoms with van der Waals surface area (Å²) in [6, 6.07) is 10.2. The number of rotatable bonds is 5. The Kier molecular flexibility index (Phi) is 4.97. The summed E-state index contributed by atoms with van der Waals surface area (Å²) >= 11 is 0. The average molecular weight is 365 g/mol. The van der Waals surface area contributed by atoms with Crippen LogP contribution in [0, 0.1) is 0 Å². The molecule has 0 saturated carbocycles. The van der Waals surface area contributed by atoms with Crippen LogP contribution >= 0.6 is 0 Å². The van der Waals surface area contributed by atoms with E-state index in [2.05, 4.69) is 25.9 Å². The molecule has 0 spiro atoms. The summed E-state index contributed by atoms with van der Waals surface area (Å²) in [5.74, 6) is 1.24. The zero-order valence-corrected chi connectivity index (χ0v) is 15.3. The number of benzene rings is 1. The van der Waals surface area contributed by atoms with Gasteiger partial charge in [0.05, 0.1) is 24.3 Å². The van der Waals surface area contributed by atoms with Crippen LogP contribution in [0.15, 0.2) is 42.7 Å². The molecule has 8 nitrogen and oxygen atoms in total. The molecule has 27 heavy (non-hydrogen) atoms. The third kappa shape index (κ3) is 3.90. The van der Waals surface area contributed by atoms with Gasteiger partial charge in [-0.2, -0.15) is 5.10 Å². The van der Waals surface area contributed by atoms with Crippen LogP contribution in [0.1, 0.15) is 24.7 Å². The number of aromatic nitrogens is 5. The van der Waals surface area contributed by atoms with Gasteiger partial charge >= 0.3 is 0 Å². The second-order valence-corrected chi connectivity index (χ2v) is 6.78. The minimum atomic E-state index is -0.130. The molecule has 0 radical (unpaired) electrons. The number of nitrogens with one attached hydrogen (secondary N) is 2. The second kappa shape index (κ2) is 7.71. The molecule has 0 atom stereocenters.